The number of aromatic nitrogens is 1. The van der Waals surface area contributed by atoms with Gasteiger partial charge >= 0.3 is 0 Å². The Hall–Kier alpha value is -1.42. The number of hydrogen-bond acceptors (Lipinski definition) is 3. The van der Waals surface area contributed by atoms with Gasteiger partial charge in [-0.15, -0.1) is 11.3 Å². The zero-order valence-corrected chi connectivity index (χ0v) is 10.0. The van der Waals surface area contributed by atoms with E-state index >= 15 is 0 Å². The molecular weight excluding hydrogens is 223 g/mol. The van der Waals surface area contributed by atoms with E-state index in [1.54, 1.807) is 12.1 Å². The molecule has 2 nitrogen and oxygen atoms in total. The molecule has 1 aromatic carbocycles. The molecule has 0 aliphatic rings. The molecule has 0 unspecified atom stereocenters. The third-order valence-corrected chi connectivity index (χ3v) is 3.81. The highest BCUT2D eigenvalue weighted by Gasteiger charge is 2.26. The summed E-state index contributed by atoms with van der Waals surface area (Å²) in [5.41, 5.74) is 6.41. The number of nitrogens with two attached hydrogens (primary N) is 1. The van der Waals surface area contributed by atoms with Crippen molar-refractivity contribution in [3.05, 3.63) is 46.0 Å². The number of nitrogens with zero attached hydrogens (tertiary/aromatic N) is 1. The Balaban J connectivity index is 2.42. The minimum absolute atomic E-state index is 0.224. The molecule has 0 radical (unpaired) electrons. The molecule has 0 aliphatic heterocycles. The minimum atomic E-state index is -0.240. The maximum atomic E-state index is 12.8. The van der Waals surface area contributed by atoms with Gasteiger partial charge in [0.25, 0.3) is 0 Å². The van der Waals surface area contributed by atoms with E-state index in [9.17, 15) is 4.39 Å². The molecule has 2 aromatic rings. The van der Waals surface area contributed by atoms with Gasteiger partial charge in [-0.2, -0.15) is 0 Å². The van der Waals surface area contributed by atoms with Crippen LogP contribution >= 0.6 is 11.3 Å². The van der Waals surface area contributed by atoms with Crippen LogP contribution in [0, 0.1) is 5.82 Å². The van der Waals surface area contributed by atoms with Crippen molar-refractivity contribution in [1.82, 2.24) is 4.98 Å². The van der Waals surface area contributed by atoms with E-state index in [0.717, 1.165) is 10.6 Å². The van der Waals surface area contributed by atoms with Gasteiger partial charge in [0.15, 0.2) is 0 Å². The van der Waals surface area contributed by atoms with Gasteiger partial charge in [0.1, 0.15) is 16.6 Å². The fourth-order valence-electron chi connectivity index (χ4n) is 1.56. The number of anilines is 1. The lowest BCUT2D eigenvalue weighted by molar-refractivity contribution is 0.612. The van der Waals surface area contributed by atoms with E-state index < -0.39 is 0 Å². The van der Waals surface area contributed by atoms with Crippen molar-refractivity contribution in [2.24, 2.45) is 0 Å². The lowest BCUT2D eigenvalue weighted by Crippen LogP contribution is -2.18. The van der Waals surface area contributed by atoms with Gasteiger partial charge < -0.3 is 5.73 Å². The highest BCUT2D eigenvalue weighted by atomic mass is 32.1. The van der Waals surface area contributed by atoms with Gasteiger partial charge in [-0.25, -0.2) is 9.37 Å². The number of benzene rings is 1. The number of rotatable bonds is 2. The standard InChI is InChI=1S/C12H13FN2S/c1-12(2,11-15-10(14)7-16-11)8-3-5-9(13)6-4-8/h3-7H,14H2,1-2H3. The largest absolute Gasteiger partial charge is 0.383 e. The summed E-state index contributed by atoms with van der Waals surface area (Å²) < 4.78 is 12.8. The van der Waals surface area contributed by atoms with Crippen molar-refractivity contribution in [1.29, 1.82) is 0 Å². The molecule has 0 saturated heterocycles. The lowest BCUT2D eigenvalue weighted by Gasteiger charge is -2.22. The average Bonchev–Trinajstić information content (AvgIpc) is 2.66. The highest BCUT2D eigenvalue weighted by molar-refractivity contribution is 7.10. The Kier molecular flexibility index (Phi) is 2.68. The Morgan fingerprint density at radius 2 is 1.88 bits per heavy atom. The smallest absolute Gasteiger partial charge is 0.134 e. The van der Waals surface area contributed by atoms with E-state index in [0.29, 0.717) is 5.82 Å². The van der Waals surface area contributed by atoms with Crippen molar-refractivity contribution in [3.8, 4) is 0 Å². The Morgan fingerprint density at radius 3 is 2.38 bits per heavy atom. The van der Waals surface area contributed by atoms with Crippen molar-refractivity contribution in [3.63, 3.8) is 0 Å². The van der Waals surface area contributed by atoms with Crippen molar-refractivity contribution < 1.29 is 4.39 Å². The summed E-state index contributed by atoms with van der Waals surface area (Å²) in [4.78, 5) is 4.28. The van der Waals surface area contributed by atoms with Crippen LogP contribution in [0.1, 0.15) is 24.4 Å². The van der Waals surface area contributed by atoms with Crippen molar-refractivity contribution in [2.45, 2.75) is 19.3 Å². The summed E-state index contributed by atoms with van der Waals surface area (Å²) in [5.74, 6) is 0.313. The maximum Gasteiger partial charge on any atom is 0.134 e. The molecule has 4 heteroatoms. The number of nitrogen functional groups attached to an aromatic ring is 1. The topological polar surface area (TPSA) is 38.9 Å². The van der Waals surface area contributed by atoms with Crippen molar-refractivity contribution >= 4 is 17.2 Å². The fraction of sp³-hybridized carbons (Fsp3) is 0.250. The molecule has 0 saturated carbocycles. The molecule has 16 heavy (non-hydrogen) atoms. The molecule has 0 aliphatic carbocycles. The first-order valence-corrected chi connectivity index (χ1v) is 5.85. The van der Waals surface area contributed by atoms with Gasteiger partial charge in [-0.05, 0) is 31.5 Å². The Bertz CT molecular complexity index is 488. The molecule has 0 fully saturated rings. The van der Waals surface area contributed by atoms with Gasteiger partial charge in [0.05, 0.1) is 0 Å². The van der Waals surface area contributed by atoms with Crippen LogP contribution in [0.3, 0.4) is 0 Å². The fourth-order valence-corrected chi connectivity index (χ4v) is 2.42. The Morgan fingerprint density at radius 1 is 1.25 bits per heavy atom. The summed E-state index contributed by atoms with van der Waals surface area (Å²) in [6.07, 6.45) is 0. The Labute approximate surface area is 97.9 Å². The molecule has 0 amide bonds. The van der Waals surface area contributed by atoms with Crippen LogP contribution in [0.25, 0.3) is 0 Å². The molecule has 0 spiro atoms. The highest BCUT2D eigenvalue weighted by Crippen LogP contribution is 2.33. The van der Waals surface area contributed by atoms with Crippen LogP contribution in [0.4, 0.5) is 10.2 Å². The molecular formula is C12H13FN2S. The summed E-state index contributed by atoms with van der Waals surface area (Å²) in [7, 11) is 0. The molecule has 2 N–H and O–H groups in total. The summed E-state index contributed by atoms with van der Waals surface area (Å²) in [6.45, 7) is 4.11. The van der Waals surface area contributed by atoms with E-state index in [1.807, 2.05) is 5.38 Å². The van der Waals surface area contributed by atoms with Crippen LogP contribution in [0.15, 0.2) is 29.6 Å². The second kappa shape index (κ2) is 3.87. The summed E-state index contributed by atoms with van der Waals surface area (Å²) in [6, 6.07) is 6.50. The number of hydrogen-bond donors (Lipinski definition) is 1. The van der Waals surface area contributed by atoms with E-state index in [2.05, 4.69) is 18.8 Å². The van der Waals surface area contributed by atoms with E-state index in [4.69, 9.17) is 5.73 Å². The average molecular weight is 236 g/mol. The van der Waals surface area contributed by atoms with Gasteiger partial charge in [-0.3, -0.25) is 0 Å². The first-order chi connectivity index (χ1) is 7.50. The molecule has 1 heterocycles. The van der Waals surface area contributed by atoms with Crippen LogP contribution in [-0.2, 0) is 5.41 Å². The molecule has 2 rings (SSSR count). The molecule has 0 bridgehead atoms. The quantitative estimate of drug-likeness (QED) is 0.869. The van der Waals surface area contributed by atoms with E-state index in [1.165, 1.54) is 23.5 Å². The second-order valence-electron chi connectivity index (χ2n) is 4.21. The zero-order chi connectivity index (χ0) is 11.8. The third-order valence-electron chi connectivity index (χ3n) is 2.62. The third kappa shape index (κ3) is 1.93. The normalized spacial score (nSPS) is 11.7. The minimum Gasteiger partial charge on any atom is -0.383 e. The first-order valence-electron chi connectivity index (χ1n) is 4.97. The lowest BCUT2D eigenvalue weighted by atomic mass is 9.85. The first kappa shape index (κ1) is 11.1. The monoisotopic (exact) mass is 236 g/mol. The summed E-state index contributed by atoms with van der Waals surface area (Å²) in [5, 5.41) is 2.76. The van der Waals surface area contributed by atoms with Crippen LogP contribution in [-0.4, -0.2) is 4.98 Å². The predicted molar refractivity (Wildman–Crippen MR) is 65.1 cm³/mol. The number of thiazole rings is 1. The molecule has 84 valence electrons. The van der Waals surface area contributed by atoms with Crippen LogP contribution < -0.4 is 5.73 Å². The zero-order valence-electron chi connectivity index (χ0n) is 9.20. The van der Waals surface area contributed by atoms with Gasteiger partial charge in [0.2, 0.25) is 0 Å². The predicted octanol–water partition coefficient (Wildman–Crippen LogP) is 3.19. The van der Waals surface area contributed by atoms with Crippen LogP contribution in [0.2, 0.25) is 0 Å². The summed E-state index contributed by atoms with van der Waals surface area (Å²) >= 11 is 1.53. The molecule has 1 aromatic heterocycles. The number of halogens is 1. The SMILES string of the molecule is CC(C)(c1ccc(F)cc1)c1nc(N)cs1. The van der Waals surface area contributed by atoms with Gasteiger partial charge in [-0.1, -0.05) is 12.1 Å². The molecule has 0 atom stereocenters. The maximum absolute atomic E-state index is 12.8. The van der Waals surface area contributed by atoms with Crippen molar-refractivity contribution in [2.75, 3.05) is 5.73 Å². The second-order valence-corrected chi connectivity index (χ2v) is 5.07. The van der Waals surface area contributed by atoms with Gasteiger partial charge in [0, 0.05) is 10.8 Å². The van der Waals surface area contributed by atoms with E-state index in [-0.39, 0.29) is 11.2 Å². The van der Waals surface area contributed by atoms with Crippen LogP contribution in [0.5, 0.6) is 0 Å².